The van der Waals surface area contributed by atoms with Crippen LogP contribution in [-0.2, 0) is 4.74 Å². The second kappa shape index (κ2) is 8.24. The van der Waals surface area contributed by atoms with Gasteiger partial charge in [0, 0.05) is 13.6 Å². The zero-order valence-electron chi connectivity index (χ0n) is 14.5. The van der Waals surface area contributed by atoms with Crippen molar-refractivity contribution >= 4 is 5.96 Å². The lowest BCUT2D eigenvalue weighted by Crippen LogP contribution is -2.47. The van der Waals surface area contributed by atoms with Crippen LogP contribution < -0.4 is 20.1 Å². The third kappa shape index (κ3) is 4.32. The molecule has 2 aliphatic heterocycles. The van der Waals surface area contributed by atoms with Crippen molar-refractivity contribution in [1.29, 1.82) is 0 Å². The number of aliphatic imine (C=N–C) groups is 1. The van der Waals surface area contributed by atoms with Crippen molar-refractivity contribution in [2.75, 3.05) is 27.3 Å². The van der Waals surface area contributed by atoms with Gasteiger partial charge >= 0.3 is 0 Å². The number of rotatable bonds is 7. The van der Waals surface area contributed by atoms with E-state index in [4.69, 9.17) is 14.2 Å². The van der Waals surface area contributed by atoms with E-state index in [1.54, 1.807) is 14.2 Å². The number of nitrogens with one attached hydrogen (secondary N) is 2. The molecule has 0 amide bonds. The van der Waals surface area contributed by atoms with E-state index >= 15 is 0 Å². The van der Waals surface area contributed by atoms with Crippen LogP contribution in [0.3, 0.4) is 0 Å². The van der Waals surface area contributed by atoms with Crippen LogP contribution in [0.25, 0.3) is 0 Å². The Hall–Kier alpha value is -1.95. The Morgan fingerprint density at radius 1 is 1.25 bits per heavy atom. The molecule has 3 atom stereocenters. The smallest absolute Gasteiger partial charge is 0.191 e. The average Bonchev–Trinajstić information content (AvgIpc) is 3.24. The van der Waals surface area contributed by atoms with Crippen LogP contribution in [0.4, 0.5) is 0 Å². The molecule has 2 fully saturated rings. The summed E-state index contributed by atoms with van der Waals surface area (Å²) in [4.78, 5) is 4.29. The third-order valence-electron chi connectivity index (χ3n) is 4.59. The minimum Gasteiger partial charge on any atom is -0.497 e. The van der Waals surface area contributed by atoms with E-state index < -0.39 is 0 Å². The number of methoxy groups -OCH3 is 1. The van der Waals surface area contributed by atoms with Gasteiger partial charge in [-0.15, -0.1) is 0 Å². The highest BCUT2D eigenvalue weighted by Gasteiger charge is 2.41. The molecule has 0 saturated carbocycles. The molecule has 0 aromatic heterocycles. The highest BCUT2D eigenvalue weighted by atomic mass is 16.5. The molecule has 2 heterocycles. The van der Waals surface area contributed by atoms with E-state index in [1.807, 2.05) is 24.3 Å². The highest BCUT2D eigenvalue weighted by Crippen LogP contribution is 2.34. The van der Waals surface area contributed by atoms with Gasteiger partial charge in [-0.3, -0.25) is 4.99 Å². The Balaban J connectivity index is 1.31. The topological polar surface area (TPSA) is 64.1 Å². The number of benzene rings is 1. The summed E-state index contributed by atoms with van der Waals surface area (Å²) in [5, 5.41) is 6.82. The molecule has 132 valence electrons. The summed E-state index contributed by atoms with van der Waals surface area (Å²) in [6, 6.07) is 8.03. The Morgan fingerprint density at radius 3 is 2.67 bits per heavy atom. The normalized spacial score (nSPS) is 25.6. The van der Waals surface area contributed by atoms with Gasteiger partial charge in [0.25, 0.3) is 0 Å². The van der Waals surface area contributed by atoms with Crippen molar-refractivity contribution in [2.24, 2.45) is 4.99 Å². The van der Waals surface area contributed by atoms with Gasteiger partial charge in [-0.2, -0.15) is 0 Å². The monoisotopic (exact) mass is 333 g/mol. The Labute approximate surface area is 143 Å². The van der Waals surface area contributed by atoms with Crippen LogP contribution in [0.2, 0.25) is 0 Å². The largest absolute Gasteiger partial charge is 0.497 e. The third-order valence-corrected chi connectivity index (χ3v) is 4.59. The van der Waals surface area contributed by atoms with Crippen molar-refractivity contribution in [1.82, 2.24) is 10.6 Å². The lowest BCUT2D eigenvalue weighted by atomic mass is 9.96. The summed E-state index contributed by atoms with van der Waals surface area (Å²) in [5.41, 5.74) is 0. The Morgan fingerprint density at radius 2 is 2.04 bits per heavy atom. The van der Waals surface area contributed by atoms with Crippen molar-refractivity contribution in [3.63, 3.8) is 0 Å². The Kier molecular flexibility index (Phi) is 5.80. The first-order valence-electron chi connectivity index (χ1n) is 8.68. The van der Waals surface area contributed by atoms with E-state index in [0.717, 1.165) is 43.3 Å². The van der Waals surface area contributed by atoms with Gasteiger partial charge in [-0.05, 0) is 49.9 Å². The maximum Gasteiger partial charge on any atom is 0.191 e. The summed E-state index contributed by atoms with van der Waals surface area (Å²) < 4.78 is 16.7. The van der Waals surface area contributed by atoms with Gasteiger partial charge in [0.15, 0.2) is 5.96 Å². The summed E-state index contributed by atoms with van der Waals surface area (Å²) in [6.07, 6.45) is 5.16. The van der Waals surface area contributed by atoms with E-state index in [9.17, 15) is 0 Å². The van der Waals surface area contributed by atoms with Crippen molar-refractivity contribution in [2.45, 2.75) is 43.9 Å². The van der Waals surface area contributed by atoms with Crippen molar-refractivity contribution in [3.05, 3.63) is 24.3 Å². The minimum absolute atomic E-state index is 0.354. The van der Waals surface area contributed by atoms with Gasteiger partial charge in [0.05, 0.1) is 32.0 Å². The maximum absolute atomic E-state index is 5.86. The zero-order valence-corrected chi connectivity index (χ0v) is 14.5. The first-order chi connectivity index (χ1) is 11.8. The molecule has 1 aromatic rings. The maximum atomic E-state index is 5.86. The molecule has 1 aromatic carbocycles. The van der Waals surface area contributed by atoms with Gasteiger partial charge in [0.2, 0.25) is 0 Å². The molecule has 24 heavy (non-hydrogen) atoms. The molecule has 6 nitrogen and oxygen atoms in total. The highest BCUT2D eigenvalue weighted by molar-refractivity contribution is 5.80. The van der Waals surface area contributed by atoms with Gasteiger partial charge in [-0.1, -0.05) is 0 Å². The summed E-state index contributed by atoms with van der Waals surface area (Å²) in [5.74, 6) is 2.54. The fourth-order valence-electron chi connectivity index (χ4n) is 3.30. The fraction of sp³-hybridized carbons (Fsp3) is 0.611. The SMILES string of the molecule is CN=C(NCCCOc1ccc(OC)cc1)NC1CC2CCC1O2. The first kappa shape index (κ1) is 16.9. The lowest BCUT2D eigenvalue weighted by Gasteiger charge is -2.22. The Bertz CT molecular complexity index is 547. The van der Waals surface area contributed by atoms with Crippen LogP contribution >= 0.6 is 0 Å². The molecule has 6 heteroatoms. The van der Waals surface area contributed by atoms with Gasteiger partial charge in [-0.25, -0.2) is 0 Å². The number of guanidine groups is 1. The van der Waals surface area contributed by atoms with E-state index in [2.05, 4.69) is 15.6 Å². The van der Waals surface area contributed by atoms with Crippen molar-refractivity contribution < 1.29 is 14.2 Å². The summed E-state index contributed by atoms with van der Waals surface area (Å²) >= 11 is 0. The number of hydrogen-bond acceptors (Lipinski definition) is 4. The summed E-state index contributed by atoms with van der Waals surface area (Å²) in [7, 11) is 3.46. The van der Waals surface area contributed by atoms with Crippen LogP contribution in [0.5, 0.6) is 11.5 Å². The van der Waals surface area contributed by atoms with E-state index in [1.165, 1.54) is 6.42 Å². The predicted molar refractivity (Wildman–Crippen MR) is 93.9 cm³/mol. The molecule has 2 aliphatic rings. The molecule has 0 spiro atoms. The molecular formula is C18H27N3O3. The predicted octanol–water partition coefficient (Wildman–Crippen LogP) is 1.95. The molecule has 3 rings (SSSR count). The fourth-order valence-corrected chi connectivity index (χ4v) is 3.30. The van der Waals surface area contributed by atoms with E-state index in [-0.39, 0.29) is 0 Å². The second-order valence-corrected chi connectivity index (χ2v) is 6.24. The van der Waals surface area contributed by atoms with Crippen LogP contribution in [-0.4, -0.2) is 51.5 Å². The standard InChI is InChI=1S/C18H27N3O3/c1-19-18(21-16-12-15-8-9-17(16)24-15)20-10-3-11-23-14-6-4-13(22-2)5-7-14/h4-7,15-17H,3,8-12H2,1-2H3,(H2,19,20,21). The van der Waals surface area contributed by atoms with E-state index in [0.29, 0.717) is 24.9 Å². The minimum atomic E-state index is 0.354. The van der Waals surface area contributed by atoms with Crippen LogP contribution in [0.1, 0.15) is 25.7 Å². The second-order valence-electron chi connectivity index (χ2n) is 6.24. The molecule has 2 N–H and O–H groups in total. The van der Waals surface area contributed by atoms with Crippen molar-refractivity contribution in [3.8, 4) is 11.5 Å². The zero-order chi connectivity index (χ0) is 16.8. The molecule has 0 aliphatic carbocycles. The number of nitrogens with zero attached hydrogens (tertiary/aromatic N) is 1. The average molecular weight is 333 g/mol. The van der Waals surface area contributed by atoms with Gasteiger partial charge < -0.3 is 24.8 Å². The first-order valence-corrected chi connectivity index (χ1v) is 8.68. The number of hydrogen-bond donors (Lipinski definition) is 2. The lowest BCUT2D eigenvalue weighted by molar-refractivity contribution is 0.0992. The van der Waals surface area contributed by atoms with Gasteiger partial charge in [0.1, 0.15) is 11.5 Å². The number of fused-ring (bicyclic) bond motifs is 2. The van der Waals surface area contributed by atoms with Crippen LogP contribution in [0, 0.1) is 0 Å². The quantitative estimate of drug-likeness (QED) is 0.454. The number of ether oxygens (including phenoxy) is 3. The molecule has 2 bridgehead atoms. The van der Waals surface area contributed by atoms with Crippen LogP contribution in [0.15, 0.2) is 29.3 Å². The molecule has 3 unspecified atom stereocenters. The molecular weight excluding hydrogens is 306 g/mol. The molecule has 0 radical (unpaired) electrons. The summed E-state index contributed by atoms with van der Waals surface area (Å²) in [6.45, 7) is 1.48. The molecule has 2 saturated heterocycles.